The third-order valence-electron chi connectivity index (χ3n) is 3.08. The number of hydrogen-bond acceptors (Lipinski definition) is 2. The molecule has 5 nitrogen and oxygen atoms in total. The lowest BCUT2D eigenvalue weighted by atomic mass is 10.3. The van der Waals surface area contributed by atoms with Crippen molar-refractivity contribution in [2.24, 2.45) is 0 Å². The minimum Gasteiger partial charge on any atom is -0.480 e. The van der Waals surface area contributed by atoms with Crippen LogP contribution in [0.2, 0.25) is 0 Å². The fraction of sp³-hybridized carbons (Fsp3) is 0.636. The summed E-state index contributed by atoms with van der Waals surface area (Å²) < 4.78 is 0. The van der Waals surface area contributed by atoms with Gasteiger partial charge in [0.15, 0.2) is 0 Å². The van der Waals surface area contributed by atoms with Gasteiger partial charge < -0.3 is 15.3 Å². The number of carboxylic acids is 1. The molecular formula is C11H16N2O3. The van der Waals surface area contributed by atoms with E-state index in [1.54, 1.807) is 11.0 Å². The van der Waals surface area contributed by atoms with E-state index in [1.807, 2.05) is 0 Å². The SMILES string of the molecule is C=CCN(C(=O)NC1(C(=O)O)CC1)C1CC1. The first kappa shape index (κ1) is 11.0. The minimum atomic E-state index is -0.995. The van der Waals surface area contributed by atoms with Gasteiger partial charge in [0.2, 0.25) is 0 Å². The number of carboxylic acid groups (broad SMARTS) is 1. The Morgan fingerprint density at radius 2 is 2.12 bits per heavy atom. The van der Waals surface area contributed by atoms with Crippen LogP contribution in [-0.2, 0) is 4.79 Å². The first-order chi connectivity index (χ1) is 7.59. The van der Waals surface area contributed by atoms with Crippen LogP contribution in [0.4, 0.5) is 4.79 Å². The van der Waals surface area contributed by atoms with Crippen molar-refractivity contribution in [1.82, 2.24) is 10.2 Å². The topological polar surface area (TPSA) is 69.6 Å². The second-order valence-electron chi connectivity index (χ2n) is 4.49. The van der Waals surface area contributed by atoms with Crippen LogP contribution in [-0.4, -0.2) is 40.1 Å². The molecule has 2 N–H and O–H groups in total. The van der Waals surface area contributed by atoms with Gasteiger partial charge in [0.25, 0.3) is 0 Å². The average molecular weight is 224 g/mol. The van der Waals surface area contributed by atoms with E-state index in [-0.39, 0.29) is 12.1 Å². The summed E-state index contributed by atoms with van der Waals surface area (Å²) in [6.45, 7) is 4.08. The number of carbonyl (C=O) groups is 2. The summed E-state index contributed by atoms with van der Waals surface area (Å²) >= 11 is 0. The van der Waals surface area contributed by atoms with E-state index >= 15 is 0 Å². The maximum Gasteiger partial charge on any atom is 0.329 e. The van der Waals surface area contributed by atoms with E-state index in [1.165, 1.54) is 0 Å². The van der Waals surface area contributed by atoms with Gasteiger partial charge in [-0.2, -0.15) is 0 Å². The molecule has 2 saturated carbocycles. The Labute approximate surface area is 94.1 Å². The summed E-state index contributed by atoms with van der Waals surface area (Å²) in [4.78, 5) is 24.5. The van der Waals surface area contributed by atoms with Crippen molar-refractivity contribution in [1.29, 1.82) is 0 Å². The van der Waals surface area contributed by atoms with Crippen molar-refractivity contribution in [2.45, 2.75) is 37.3 Å². The number of nitrogens with zero attached hydrogens (tertiary/aromatic N) is 1. The molecule has 0 atom stereocenters. The van der Waals surface area contributed by atoms with E-state index in [2.05, 4.69) is 11.9 Å². The van der Waals surface area contributed by atoms with Crippen LogP contribution in [0.5, 0.6) is 0 Å². The van der Waals surface area contributed by atoms with E-state index in [0.29, 0.717) is 19.4 Å². The number of rotatable bonds is 5. The van der Waals surface area contributed by atoms with Gasteiger partial charge >= 0.3 is 12.0 Å². The molecule has 2 aliphatic carbocycles. The van der Waals surface area contributed by atoms with Crippen molar-refractivity contribution in [3.8, 4) is 0 Å². The van der Waals surface area contributed by atoms with Crippen molar-refractivity contribution in [3.05, 3.63) is 12.7 Å². The van der Waals surface area contributed by atoms with Gasteiger partial charge in [0.1, 0.15) is 5.54 Å². The summed E-state index contributed by atoms with van der Waals surface area (Å²) in [5.41, 5.74) is -0.995. The first-order valence-electron chi connectivity index (χ1n) is 5.52. The molecule has 16 heavy (non-hydrogen) atoms. The van der Waals surface area contributed by atoms with E-state index in [9.17, 15) is 9.59 Å². The van der Waals surface area contributed by atoms with Crippen LogP contribution < -0.4 is 5.32 Å². The molecule has 0 radical (unpaired) electrons. The Kier molecular flexibility index (Phi) is 2.61. The smallest absolute Gasteiger partial charge is 0.329 e. The molecule has 2 rings (SSSR count). The predicted molar refractivity (Wildman–Crippen MR) is 58.1 cm³/mol. The van der Waals surface area contributed by atoms with Crippen LogP contribution in [0.1, 0.15) is 25.7 Å². The fourth-order valence-electron chi connectivity index (χ4n) is 1.72. The van der Waals surface area contributed by atoms with Crippen molar-refractivity contribution < 1.29 is 14.7 Å². The molecule has 0 bridgehead atoms. The third kappa shape index (κ3) is 2.03. The summed E-state index contributed by atoms with van der Waals surface area (Å²) in [5, 5.41) is 11.6. The van der Waals surface area contributed by atoms with Gasteiger partial charge in [0.05, 0.1) is 0 Å². The lowest BCUT2D eigenvalue weighted by molar-refractivity contribution is -0.140. The highest BCUT2D eigenvalue weighted by atomic mass is 16.4. The van der Waals surface area contributed by atoms with E-state index < -0.39 is 11.5 Å². The highest BCUT2D eigenvalue weighted by Gasteiger charge is 2.52. The standard InChI is InChI=1S/C11H16N2O3/c1-2-7-13(8-3-4-8)10(16)12-11(5-6-11)9(14)15/h2,8H,1,3-7H2,(H,12,16)(H,14,15). The largest absolute Gasteiger partial charge is 0.480 e. The molecule has 0 heterocycles. The lowest BCUT2D eigenvalue weighted by Gasteiger charge is -2.23. The van der Waals surface area contributed by atoms with Crippen LogP contribution in [0.25, 0.3) is 0 Å². The molecule has 0 saturated heterocycles. The van der Waals surface area contributed by atoms with Gasteiger partial charge in [-0.3, -0.25) is 0 Å². The first-order valence-corrected chi connectivity index (χ1v) is 5.52. The Hall–Kier alpha value is -1.52. The van der Waals surface area contributed by atoms with E-state index in [4.69, 9.17) is 5.11 Å². The number of hydrogen-bond donors (Lipinski definition) is 2. The molecule has 2 aliphatic rings. The summed E-state index contributed by atoms with van der Waals surface area (Å²) in [6, 6.07) is -0.00936. The summed E-state index contributed by atoms with van der Waals surface area (Å²) in [6.07, 6.45) is 4.72. The highest BCUT2D eigenvalue weighted by molar-refractivity contribution is 5.89. The van der Waals surface area contributed by atoms with Crippen LogP contribution in [0.3, 0.4) is 0 Å². The number of nitrogens with one attached hydrogen (secondary N) is 1. The van der Waals surface area contributed by atoms with Crippen molar-refractivity contribution in [2.75, 3.05) is 6.54 Å². The molecule has 0 unspecified atom stereocenters. The van der Waals surface area contributed by atoms with Crippen molar-refractivity contribution in [3.63, 3.8) is 0 Å². The van der Waals surface area contributed by atoms with Gasteiger partial charge in [-0.1, -0.05) is 6.08 Å². The second kappa shape index (κ2) is 3.81. The molecule has 2 amide bonds. The van der Waals surface area contributed by atoms with Gasteiger partial charge in [-0.15, -0.1) is 6.58 Å². The zero-order valence-corrected chi connectivity index (χ0v) is 9.11. The van der Waals surface area contributed by atoms with Crippen LogP contribution in [0.15, 0.2) is 12.7 Å². The van der Waals surface area contributed by atoms with Crippen LogP contribution in [0, 0.1) is 0 Å². The number of carbonyl (C=O) groups excluding carboxylic acids is 1. The number of aliphatic carboxylic acids is 1. The predicted octanol–water partition coefficient (Wildman–Crippen LogP) is 0.964. The fourth-order valence-corrected chi connectivity index (χ4v) is 1.72. The summed E-state index contributed by atoms with van der Waals surface area (Å²) in [7, 11) is 0. The number of amides is 2. The zero-order valence-electron chi connectivity index (χ0n) is 9.11. The number of urea groups is 1. The molecular weight excluding hydrogens is 208 g/mol. The van der Waals surface area contributed by atoms with E-state index in [0.717, 1.165) is 12.8 Å². The van der Waals surface area contributed by atoms with Gasteiger partial charge in [-0.05, 0) is 25.7 Å². The lowest BCUT2D eigenvalue weighted by Crippen LogP contribution is -2.50. The Morgan fingerprint density at radius 1 is 1.50 bits per heavy atom. The Balaban J connectivity index is 1.95. The monoisotopic (exact) mass is 224 g/mol. The quantitative estimate of drug-likeness (QED) is 0.683. The molecule has 0 aliphatic heterocycles. The van der Waals surface area contributed by atoms with Gasteiger partial charge in [-0.25, -0.2) is 9.59 Å². The molecule has 0 aromatic carbocycles. The Morgan fingerprint density at radius 3 is 2.50 bits per heavy atom. The maximum atomic E-state index is 11.9. The molecule has 0 aromatic heterocycles. The minimum absolute atomic E-state index is 0.266. The van der Waals surface area contributed by atoms with Crippen LogP contribution >= 0.6 is 0 Å². The molecule has 2 fully saturated rings. The van der Waals surface area contributed by atoms with Crippen molar-refractivity contribution >= 4 is 12.0 Å². The molecule has 5 heteroatoms. The van der Waals surface area contributed by atoms with Gasteiger partial charge in [0, 0.05) is 12.6 Å². The average Bonchev–Trinajstić information content (AvgIpc) is 3.07. The Bertz CT molecular complexity index is 332. The second-order valence-corrected chi connectivity index (χ2v) is 4.49. The third-order valence-corrected chi connectivity index (χ3v) is 3.08. The zero-order chi connectivity index (χ0) is 11.8. The summed E-state index contributed by atoms with van der Waals surface area (Å²) in [5.74, 6) is -0.935. The maximum absolute atomic E-state index is 11.9. The highest BCUT2D eigenvalue weighted by Crippen LogP contribution is 2.36. The normalized spacial score (nSPS) is 21.0. The molecule has 0 aromatic rings. The molecule has 0 spiro atoms. The molecule has 88 valence electrons.